The molecule has 9 heteroatoms. The molecule has 1 aromatic heterocycles. The van der Waals surface area contributed by atoms with E-state index in [-0.39, 0.29) is 23.4 Å². The van der Waals surface area contributed by atoms with E-state index in [1.54, 1.807) is 0 Å². The molecule has 1 aliphatic heterocycles. The number of piperazine rings is 1. The molecule has 2 heterocycles. The number of hydrogen-bond acceptors (Lipinski definition) is 8. The van der Waals surface area contributed by atoms with Gasteiger partial charge in [0.15, 0.2) is 0 Å². The second kappa shape index (κ2) is 7.16. The van der Waals surface area contributed by atoms with Crippen molar-refractivity contribution in [3.05, 3.63) is 10.1 Å². The molecule has 0 amide bonds. The van der Waals surface area contributed by atoms with Gasteiger partial charge in [-0.15, -0.1) is 0 Å². The Kier molecular flexibility index (Phi) is 4.98. The minimum absolute atomic E-state index is 0.0674. The molecule has 3 rings (SSSR count). The predicted octanol–water partition coefficient (Wildman–Crippen LogP) is 1.46. The lowest BCUT2D eigenvalue weighted by atomic mass is 9.95. The highest BCUT2D eigenvalue weighted by Crippen LogP contribution is 2.32. The average Bonchev–Trinajstić information content (AvgIpc) is 2.55. The third-order valence-electron chi connectivity index (χ3n) is 4.81. The molecule has 9 nitrogen and oxygen atoms in total. The summed E-state index contributed by atoms with van der Waals surface area (Å²) in [5.74, 6) is 0.667. The fraction of sp³-hybridized carbons (Fsp3) is 0.733. The van der Waals surface area contributed by atoms with E-state index in [1.165, 1.54) is 6.42 Å². The highest BCUT2D eigenvalue weighted by atomic mass is 16.6. The van der Waals surface area contributed by atoms with Crippen LogP contribution >= 0.6 is 0 Å². The molecule has 2 aliphatic rings. The van der Waals surface area contributed by atoms with Gasteiger partial charge in [-0.1, -0.05) is 19.3 Å². The maximum Gasteiger partial charge on any atom is 0.353 e. The van der Waals surface area contributed by atoms with Gasteiger partial charge in [0.1, 0.15) is 0 Å². The number of nitrogens with one attached hydrogen (secondary N) is 1. The molecule has 132 valence electrons. The largest absolute Gasteiger partial charge is 0.378 e. The lowest BCUT2D eigenvalue weighted by Gasteiger charge is -2.32. The van der Waals surface area contributed by atoms with Crippen LogP contribution in [0.25, 0.3) is 0 Å². The van der Waals surface area contributed by atoms with Crippen LogP contribution in [0.2, 0.25) is 0 Å². The highest BCUT2D eigenvalue weighted by Gasteiger charge is 2.28. The van der Waals surface area contributed by atoms with E-state index < -0.39 is 4.92 Å². The minimum Gasteiger partial charge on any atom is -0.378 e. The molecule has 1 saturated heterocycles. The SMILES string of the molecule is CN1CCN(c2nc(N)c([N+](=O)[O-])c(NC3CCCCC3)n2)CC1. The second-order valence-electron chi connectivity index (χ2n) is 6.63. The van der Waals surface area contributed by atoms with Gasteiger partial charge in [0, 0.05) is 32.2 Å². The molecule has 2 fully saturated rings. The summed E-state index contributed by atoms with van der Waals surface area (Å²) in [6.07, 6.45) is 5.50. The van der Waals surface area contributed by atoms with Crippen molar-refractivity contribution in [2.45, 2.75) is 38.1 Å². The Morgan fingerprint density at radius 1 is 1.17 bits per heavy atom. The Balaban J connectivity index is 1.87. The van der Waals surface area contributed by atoms with Crippen LogP contribution < -0.4 is 16.0 Å². The third-order valence-corrected chi connectivity index (χ3v) is 4.81. The van der Waals surface area contributed by atoms with Crippen LogP contribution in [0.5, 0.6) is 0 Å². The van der Waals surface area contributed by atoms with Crippen molar-refractivity contribution in [1.82, 2.24) is 14.9 Å². The summed E-state index contributed by atoms with van der Waals surface area (Å²) in [6.45, 7) is 3.39. The maximum absolute atomic E-state index is 11.4. The number of nitrogen functional groups attached to an aromatic ring is 1. The van der Waals surface area contributed by atoms with Crippen molar-refractivity contribution in [2.75, 3.05) is 49.2 Å². The first kappa shape index (κ1) is 16.7. The molecular weight excluding hydrogens is 310 g/mol. The van der Waals surface area contributed by atoms with E-state index in [1.807, 2.05) is 4.90 Å². The van der Waals surface area contributed by atoms with Crippen molar-refractivity contribution < 1.29 is 4.92 Å². The first-order chi connectivity index (χ1) is 11.5. The number of nitrogens with two attached hydrogens (primary N) is 1. The number of nitrogens with zero attached hydrogens (tertiary/aromatic N) is 5. The summed E-state index contributed by atoms with van der Waals surface area (Å²) in [7, 11) is 2.07. The van der Waals surface area contributed by atoms with Gasteiger partial charge in [-0.3, -0.25) is 10.1 Å². The lowest BCUT2D eigenvalue weighted by molar-refractivity contribution is -0.383. The number of anilines is 3. The normalized spacial score (nSPS) is 20.1. The van der Waals surface area contributed by atoms with Crippen LogP contribution in [0, 0.1) is 10.1 Å². The Morgan fingerprint density at radius 2 is 1.83 bits per heavy atom. The van der Waals surface area contributed by atoms with Gasteiger partial charge in [0.25, 0.3) is 0 Å². The van der Waals surface area contributed by atoms with E-state index in [2.05, 4.69) is 27.2 Å². The standard InChI is InChI=1S/C15H25N7O2/c1-20-7-9-21(10-8-20)15-18-13(16)12(22(23)24)14(19-15)17-11-5-3-2-4-6-11/h11H,2-10H2,1H3,(H3,16,17,18,19). The van der Waals surface area contributed by atoms with Gasteiger partial charge in [0.05, 0.1) is 4.92 Å². The first-order valence-corrected chi connectivity index (χ1v) is 8.56. The van der Waals surface area contributed by atoms with Crippen LogP contribution in [0.1, 0.15) is 32.1 Å². The van der Waals surface area contributed by atoms with E-state index in [9.17, 15) is 10.1 Å². The summed E-state index contributed by atoms with van der Waals surface area (Å²) in [4.78, 5) is 23.8. The highest BCUT2D eigenvalue weighted by molar-refractivity contribution is 5.70. The van der Waals surface area contributed by atoms with Crippen molar-refractivity contribution in [3.8, 4) is 0 Å². The summed E-state index contributed by atoms with van der Waals surface area (Å²) in [6, 6.07) is 0.215. The Bertz CT molecular complexity index is 596. The van der Waals surface area contributed by atoms with Gasteiger partial charge >= 0.3 is 5.69 Å². The minimum atomic E-state index is -0.492. The van der Waals surface area contributed by atoms with Crippen molar-refractivity contribution in [1.29, 1.82) is 0 Å². The molecule has 0 unspecified atom stereocenters. The van der Waals surface area contributed by atoms with Crippen molar-refractivity contribution in [3.63, 3.8) is 0 Å². The number of rotatable bonds is 4. The Hall–Kier alpha value is -2.16. The van der Waals surface area contributed by atoms with Crippen molar-refractivity contribution in [2.24, 2.45) is 0 Å². The van der Waals surface area contributed by atoms with Crippen molar-refractivity contribution >= 4 is 23.3 Å². The topological polar surface area (TPSA) is 113 Å². The molecule has 0 aromatic carbocycles. The molecule has 0 radical (unpaired) electrons. The van der Waals surface area contributed by atoms with Crippen LogP contribution in [0.15, 0.2) is 0 Å². The van der Waals surface area contributed by atoms with Crippen LogP contribution in [-0.2, 0) is 0 Å². The van der Waals surface area contributed by atoms with Gasteiger partial charge < -0.3 is 20.9 Å². The second-order valence-corrected chi connectivity index (χ2v) is 6.63. The zero-order valence-corrected chi connectivity index (χ0v) is 14.1. The van der Waals surface area contributed by atoms with Crippen LogP contribution in [-0.4, -0.2) is 59.1 Å². The third kappa shape index (κ3) is 3.66. The van der Waals surface area contributed by atoms with Gasteiger partial charge in [0.2, 0.25) is 17.6 Å². The monoisotopic (exact) mass is 335 g/mol. The van der Waals surface area contributed by atoms with E-state index in [4.69, 9.17) is 5.73 Å². The molecule has 1 aromatic rings. The molecule has 0 bridgehead atoms. The maximum atomic E-state index is 11.4. The summed E-state index contributed by atoms with van der Waals surface area (Å²) in [5.41, 5.74) is 5.68. The zero-order valence-electron chi connectivity index (χ0n) is 14.1. The lowest BCUT2D eigenvalue weighted by Crippen LogP contribution is -2.45. The number of hydrogen-bond donors (Lipinski definition) is 2. The van der Waals surface area contributed by atoms with E-state index in [0.717, 1.165) is 51.9 Å². The Morgan fingerprint density at radius 3 is 2.46 bits per heavy atom. The van der Waals surface area contributed by atoms with Gasteiger partial charge in [-0.2, -0.15) is 9.97 Å². The molecular formula is C15H25N7O2. The number of aromatic nitrogens is 2. The van der Waals surface area contributed by atoms with Crippen LogP contribution in [0.4, 0.5) is 23.3 Å². The molecule has 24 heavy (non-hydrogen) atoms. The summed E-state index contributed by atoms with van der Waals surface area (Å²) in [5, 5.41) is 14.7. The molecule has 1 aliphatic carbocycles. The number of likely N-dealkylation sites (N-methyl/N-ethyl adjacent to an activating group) is 1. The summed E-state index contributed by atoms with van der Waals surface area (Å²) >= 11 is 0. The number of nitro groups is 1. The average molecular weight is 335 g/mol. The smallest absolute Gasteiger partial charge is 0.353 e. The van der Waals surface area contributed by atoms with Crippen LogP contribution in [0.3, 0.4) is 0 Å². The fourth-order valence-corrected chi connectivity index (χ4v) is 3.33. The van der Waals surface area contributed by atoms with Gasteiger partial charge in [-0.05, 0) is 19.9 Å². The van der Waals surface area contributed by atoms with Gasteiger partial charge in [-0.25, -0.2) is 0 Å². The predicted molar refractivity (Wildman–Crippen MR) is 93.3 cm³/mol. The van der Waals surface area contributed by atoms with E-state index >= 15 is 0 Å². The Labute approximate surface area is 141 Å². The van der Waals surface area contributed by atoms with E-state index in [0.29, 0.717) is 5.95 Å². The quantitative estimate of drug-likeness (QED) is 0.628. The summed E-state index contributed by atoms with van der Waals surface area (Å²) < 4.78 is 0. The molecule has 3 N–H and O–H groups in total. The molecule has 0 spiro atoms. The zero-order chi connectivity index (χ0) is 17.1. The molecule has 1 saturated carbocycles. The molecule has 0 atom stereocenters. The fourth-order valence-electron chi connectivity index (χ4n) is 3.33. The first-order valence-electron chi connectivity index (χ1n) is 8.56.